The van der Waals surface area contributed by atoms with Crippen molar-refractivity contribution >= 4 is 5.69 Å². The maximum atomic E-state index is 10.8. The second-order valence-corrected chi connectivity index (χ2v) is 6.67. The lowest BCUT2D eigenvalue weighted by molar-refractivity contribution is -0.384. The molecule has 0 bridgehead atoms. The summed E-state index contributed by atoms with van der Waals surface area (Å²) in [6.07, 6.45) is 6.43. The Morgan fingerprint density at radius 3 is 2.90 bits per heavy atom. The molecule has 0 saturated heterocycles. The third kappa shape index (κ3) is 5.12. The van der Waals surface area contributed by atoms with Crippen LogP contribution in [0.3, 0.4) is 0 Å². The van der Waals surface area contributed by atoms with Crippen LogP contribution in [-0.4, -0.2) is 11.0 Å². The van der Waals surface area contributed by atoms with E-state index in [1.807, 2.05) is 6.07 Å². The lowest BCUT2D eigenvalue weighted by Gasteiger charge is -2.31. The zero-order valence-corrected chi connectivity index (χ0v) is 13.0. The van der Waals surface area contributed by atoms with E-state index >= 15 is 0 Å². The van der Waals surface area contributed by atoms with E-state index in [-0.39, 0.29) is 10.6 Å². The highest BCUT2D eigenvalue weighted by atomic mass is 16.6. The van der Waals surface area contributed by atoms with Gasteiger partial charge in [-0.3, -0.25) is 10.1 Å². The molecule has 0 aromatic heterocycles. The highest BCUT2D eigenvalue weighted by molar-refractivity contribution is 5.34. The van der Waals surface area contributed by atoms with Crippen LogP contribution in [0.2, 0.25) is 0 Å². The quantitative estimate of drug-likeness (QED) is 0.628. The maximum Gasteiger partial charge on any atom is 0.269 e. The molecule has 1 aliphatic rings. The molecule has 2 rings (SSSR count). The number of non-ortho nitro benzene ring substituents is 1. The highest BCUT2D eigenvalue weighted by Crippen LogP contribution is 2.29. The molecule has 2 atom stereocenters. The molecule has 1 N–H and O–H groups in total. The summed E-state index contributed by atoms with van der Waals surface area (Å²) in [4.78, 5) is 10.5. The van der Waals surface area contributed by atoms with Gasteiger partial charge >= 0.3 is 0 Å². The Hall–Kier alpha value is -1.42. The van der Waals surface area contributed by atoms with E-state index in [9.17, 15) is 10.1 Å². The van der Waals surface area contributed by atoms with Gasteiger partial charge in [0.1, 0.15) is 0 Å². The van der Waals surface area contributed by atoms with Gasteiger partial charge in [-0.05, 0) is 36.7 Å². The first kappa shape index (κ1) is 16.0. The lowest BCUT2D eigenvalue weighted by atomic mass is 9.81. The molecule has 1 aromatic rings. The Kier molecular flexibility index (Phi) is 5.74. The van der Waals surface area contributed by atoms with Crippen molar-refractivity contribution in [3.63, 3.8) is 0 Å². The maximum absolute atomic E-state index is 10.8. The van der Waals surface area contributed by atoms with Crippen LogP contribution in [0, 0.1) is 22.0 Å². The summed E-state index contributed by atoms with van der Waals surface area (Å²) >= 11 is 0. The van der Waals surface area contributed by atoms with Crippen LogP contribution < -0.4 is 5.32 Å². The molecule has 0 amide bonds. The van der Waals surface area contributed by atoms with Gasteiger partial charge in [0.15, 0.2) is 0 Å². The van der Waals surface area contributed by atoms with Crippen molar-refractivity contribution in [1.29, 1.82) is 0 Å². The molecular formula is C17H26N2O2. The van der Waals surface area contributed by atoms with E-state index < -0.39 is 0 Å². The molecule has 0 heterocycles. The number of hydrogen-bond acceptors (Lipinski definition) is 3. The molecule has 1 saturated carbocycles. The van der Waals surface area contributed by atoms with Crippen molar-refractivity contribution in [3.8, 4) is 0 Å². The van der Waals surface area contributed by atoms with Gasteiger partial charge in [0.05, 0.1) is 4.92 Å². The second-order valence-electron chi connectivity index (χ2n) is 6.67. The van der Waals surface area contributed by atoms with Crippen molar-refractivity contribution in [3.05, 3.63) is 39.9 Å². The number of nitro benzene ring substituents is 1. The summed E-state index contributed by atoms with van der Waals surface area (Å²) < 4.78 is 0. The largest absolute Gasteiger partial charge is 0.310 e. The predicted octanol–water partition coefficient (Wildman–Crippen LogP) is 4.29. The van der Waals surface area contributed by atoms with Crippen molar-refractivity contribution in [2.24, 2.45) is 11.8 Å². The molecule has 21 heavy (non-hydrogen) atoms. The minimum atomic E-state index is -0.331. The molecule has 0 aliphatic heterocycles. The minimum Gasteiger partial charge on any atom is -0.310 e. The predicted molar refractivity (Wildman–Crippen MR) is 85.1 cm³/mol. The van der Waals surface area contributed by atoms with Crippen LogP contribution in [-0.2, 0) is 6.54 Å². The van der Waals surface area contributed by atoms with E-state index in [4.69, 9.17) is 0 Å². The topological polar surface area (TPSA) is 55.2 Å². The van der Waals surface area contributed by atoms with Gasteiger partial charge in [-0.15, -0.1) is 0 Å². The Morgan fingerprint density at radius 2 is 2.19 bits per heavy atom. The normalized spacial score (nSPS) is 22.4. The Bertz CT molecular complexity index is 474. The van der Waals surface area contributed by atoms with Crippen LogP contribution >= 0.6 is 0 Å². The smallest absolute Gasteiger partial charge is 0.269 e. The number of nitrogens with zero attached hydrogens (tertiary/aromatic N) is 1. The number of hydrogen-bond donors (Lipinski definition) is 1. The van der Waals surface area contributed by atoms with Crippen LogP contribution in [0.25, 0.3) is 0 Å². The van der Waals surface area contributed by atoms with Gasteiger partial charge in [-0.1, -0.05) is 38.8 Å². The molecule has 4 nitrogen and oxygen atoms in total. The van der Waals surface area contributed by atoms with E-state index in [0.29, 0.717) is 6.04 Å². The molecule has 0 spiro atoms. The molecule has 1 aromatic carbocycles. The summed E-state index contributed by atoms with van der Waals surface area (Å²) in [5, 5.41) is 14.4. The molecule has 2 unspecified atom stereocenters. The summed E-state index contributed by atoms with van der Waals surface area (Å²) in [6, 6.07) is 7.48. The monoisotopic (exact) mass is 290 g/mol. The fraction of sp³-hybridized carbons (Fsp3) is 0.647. The first-order valence-corrected chi connectivity index (χ1v) is 8.01. The zero-order chi connectivity index (χ0) is 15.2. The molecule has 1 fully saturated rings. The lowest BCUT2D eigenvalue weighted by Crippen LogP contribution is -2.34. The summed E-state index contributed by atoms with van der Waals surface area (Å²) in [5.41, 5.74) is 1.17. The third-order valence-corrected chi connectivity index (χ3v) is 4.30. The van der Waals surface area contributed by atoms with E-state index in [1.165, 1.54) is 32.1 Å². The highest BCUT2D eigenvalue weighted by Gasteiger charge is 2.22. The Morgan fingerprint density at radius 1 is 1.38 bits per heavy atom. The summed E-state index contributed by atoms with van der Waals surface area (Å²) in [7, 11) is 0. The molecule has 116 valence electrons. The molecule has 4 heteroatoms. The van der Waals surface area contributed by atoms with Crippen LogP contribution in [0.4, 0.5) is 5.69 Å². The third-order valence-electron chi connectivity index (χ3n) is 4.30. The molecular weight excluding hydrogens is 264 g/mol. The second kappa shape index (κ2) is 7.55. The van der Waals surface area contributed by atoms with E-state index in [1.54, 1.807) is 18.2 Å². The van der Waals surface area contributed by atoms with Crippen LogP contribution in [0.1, 0.15) is 51.5 Å². The standard InChI is InChI=1S/C17H26N2O2/c1-13(2)9-14-5-3-7-16(10-14)18-12-15-6-4-8-17(11-15)19(20)21/h4,6,8,11,13-14,16,18H,3,5,7,9-10,12H2,1-2H3. The summed E-state index contributed by atoms with van der Waals surface area (Å²) in [6.45, 7) is 5.31. The van der Waals surface area contributed by atoms with E-state index in [0.717, 1.165) is 23.9 Å². The minimum absolute atomic E-state index is 0.177. The van der Waals surface area contributed by atoms with Crippen LogP contribution in [0.5, 0.6) is 0 Å². The van der Waals surface area contributed by atoms with Gasteiger partial charge in [0.2, 0.25) is 0 Å². The first-order chi connectivity index (χ1) is 10.0. The summed E-state index contributed by atoms with van der Waals surface area (Å²) in [5.74, 6) is 1.60. The molecule has 0 radical (unpaired) electrons. The Labute approximate surface area is 127 Å². The van der Waals surface area contributed by atoms with Crippen molar-refractivity contribution in [2.45, 2.75) is 58.5 Å². The van der Waals surface area contributed by atoms with Gasteiger partial charge in [0.25, 0.3) is 5.69 Å². The first-order valence-electron chi connectivity index (χ1n) is 8.01. The van der Waals surface area contributed by atoms with Crippen molar-refractivity contribution < 1.29 is 4.92 Å². The van der Waals surface area contributed by atoms with Gasteiger partial charge in [0, 0.05) is 24.7 Å². The average molecular weight is 290 g/mol. The van der Waals surface area contributed by atoms with Crippen LogP contribution in [0.15, 0.2) is 24.3 Å². The fourth-order valence-corrected chi connectivity index (χ4v) is 3.40. The van der Waals surface area contributed by atoms with Gasteiger partial charge in [-0.2, -0.15) is 0 Å². The number of rotatable bonds is 6. The zero-order valence-electron chi connectivity index (χ0n) is 13.0. The number of nitrogens with one attached hydrogen (secondary N) is 1. The van der Waals surface area contributed by atoms with Gasteiger partial charge in [-0.25, -0.2) is 0 Å². The fourth-order valence-electron chi connectivity index (χ4n) is 3.40. The molecule has 1 aliphatic carbocycles. The Balaban J connectivity index is 1.85. The number of benzene rings is 1. The van der Waals surface area contributed by atoms with Crippen molar-refractivity contribution in [2.75, 3.05) is 0 Å². The van der Waals surface area contributed by atoms with Gasteiger partial charge < -0.3 is 5.32 Å². The SMILES string of the molecule is CC(C)CC1CCCC(NCc2cccc([N+](=O)[O-])c2)C1. The average Bonchev–Trinajstić information content (AvgIpc) is 2.45. The number of nitro groups is 1. The van der Waals surface area contributed by atoms with Crippen molar-refractivity contribution in [1.82, 2.24) is 5.32 Å². The van der Waals surface area contributed by atoms with E-state index in [2.05, 4.69) is 19.2 Å².